The van der Waals surface area contributed by atoms with E-state index >= 15 is 0 Å². The van der Waals surface area contributed by atoms with Gasteiger partial charge in [-0.25, -0.2) is 0 Å². The largest absolute Gasteiger partial charge is 0.493 e. The minimum atomic E-state index is 0. The third-order valence-electron chi connectivity index (χ3n) is 5.70. The van der Waals surface area contributed by atoms with E-state index in [0.717, 1.165) is 43.9 Å². The number of halogens is 1. The fraction of sp³-hybridized carbons (Fsp3) is 0.435. The zero-order valence-corrected chi connectivity index (χ0v) is 17.0. The van der Waals surface area contributed by atoms with Crippen LogP contribution in [0.3, 0.4) is 0 Å². The summed E-state index contributed by atoms with van der Waals surface area (Å²) >= 11 is 0. The van der Waals surface area contributed by atoms with Crippen molar-refractivity contribution < 1.29 is 9.53 Å². The molecule has 150 valence electrons. The zero-order valence-electron chi connectivity index (χ0n) is 16.2. The van der Waals surface area contributed by atoms with Gasteiger partial charge in [-0.05, 0) is 72.7 Å². The van der Waals surface area contributed by atoms with Crippen LogP contribution in [0.2, 0.25) is 0 Å². The molecule has 2 aromatic rings. The van der Waals surface area contributed by atoms with Crippen molar-refractivity contribution in [1.29, 1.82) is 0 Å². The molecule has 0 spiro atoms. The van der Waals surface area contributed by atoms with E-state index in [0.29, 0.717) is 18.9 Å². The molecule has 2 aliphatic rings. The number of hydrogen-bond donors (Lipinski definition) is 2. The van der Waals surface area contributed by atoms with E-state index in [9.17, 15) is 4.79 Å². The first-order valence-corrected chi connectivity index (χ1v) is 10.1. The van der Waals surface area contributed by atoms with Gasteiger partial charge in [0.15, 0.2) is 0 Å². The van der Waals surface area contributed by atoms with Gasteiger partial charge >= 0.3 is 0 Å². The fourth-order valence-corrected chi connectivity index (χ4v) is 3.98. The predicted octanol–water partition coefficient (Wildman–Crippen LogP) is 4.11. The van der Waals surface area contributed by atoms with Crippen molar-refractivity contribution in [2.75, 3.05) is 19.7 Å². The summed E-state index contributed by atoms with van der Waals surface area (Å²) in [6, 6.07) is 14.9. The third-order valence-corrected chi connectivity index (χ3v) is 5.70. The van der Waals surface area contributed by atoms with Crippen molar-refractivity contribution in [3.8, 4) is 16.9 Å². The van der Waals surface area contributed by atoms with Crippen molar-refractivity contribution in [2.24, 2.45) is 5.92 Å². The Morgan fingerprint density at radius 2 is 1.82 bits per heavy atom. The zero-order chi connectivity index (χ0) is 18.5. The molecule has 1 fully saturated rings. The molecule has 4 rings (SSSR count). The highest BCUT2D eigenvalue weighted by Gasteiger charge is 2.15. The number of hydrogen-bond acceptors (Lipinski definition) is 3. The maximum absolute atomic E-state index is 12.1. The summed E-state index contributed by atoms with van der Waals surface area (Å²) in [6.07, 6.45) is 5.03. The van der Waals surface area contributed by atoms with E-state index in [4.69, 9.17) is 4.74 Å². The molecular formula is C23H29ClN2O2. The van der Waals surface area contributed by atoms with Crippen LogP contribution in [0.4, 0.5) is 0 Å². The lowest BCUT2D eigenvalue weighted by Crippen LogP contribution is -2.29. The number of fused-ring (bicyclic) bond motifs is 1. The highest BCUT2D eigenvalue weighted by Crippen LogP contribution is 2.30. The van der Waals surface area contributed by atoms with Crippen LogP contribution >= 0.6 is 12.4 Å². The van der Waals surface area contributed by atoms with E-state index in [1.165, 1.54) is 29.5 Å². The van der Waals surface area contributed by atoms with Crippen LogP contribution in [0.1, 0.15) is 36.8 Å². The average Bonchev–Trinajstić information content (AvgIpc) is 3.20. The molecule has 0 aromatic heterocycles. The first-order valence-electron chi connectivity index (χ1n) is 10.1. The topological polar surface area (TPSA) is 50.4 Å². The molecule has 0 atom stereocenters. The summed E-state index contributed by atoms with van der Waals surface area (Å²) in [5.74, 6) is 1.88. The van der Waals surface area contributed by atoms with E-state index in [1.54, 1.807) is 0 Å². The maximum Gasteiger partial charge on any atom is 0.220 e. The number of rotatable bonds is 6. The van der Waals surface area contributed by atoms with E-state index in [-0.39, 0.29) is 18.3 Å². The van der Waals surface area contributed by atoms with Gasteiger partial charge in [-0.2, -0.15) is 0 Å². The number of carbonyl (C=O) groups excluding carboxylic acids is 1. The highest BCUT2D eigenvalue weighted by atomic mass is 35.5. The summed E-state index contributed by atoms with van der Waals surface area (Å²) in [5.41, 5.74) is 4.85. The molecule has 0 unspecified atom stereocenters. The van der Waals surface area contributed by atoms with Crippen molar-refractivity contribution in [1.82, 2.24) is 10.6 Å². The molecular weight excluding hydrogens is 372 g/mol. The summed E-state index contributed by atoms with van der Waals surface area (Å²) in [5, 5.41) is 6.43. The number of piperidine rings is 1. The molecule has 0 bridgehead atoms. The Balaban J connectivity index is 0.00000225. The minimum Gasteiger partial charge on any atom is -0.493 e. The summed E-state index contributed by atoms with van der Waals surface area (Å²) in [4.78, 5) is 12.1. The Morgan fingerprint density at radius 1 is 1.07 bits per heavy atom. The second kappa shape index (κ2) is 9.94. The van der Waals surface area contributed by atoms with Gasteiger partial charge in [0.25, 0.3) is 0 Å². The molecule has 0 aliphatic carbocycles. The number of benzene rings is 2. The van der Waals surface area contributed by atoms with Crippen LogP contribution in [-0.2, 0) is 17.8 Å². The van der Waals surface area contributed by atoms with Crippen molar-refractivity contribution >= 4 is 18.3 Å². The Hall–Kier alpha value is -2.04. The fourth-order valence-electron chi connectivity index (χ4n) is 3.98. The second-order valence-corrected chi connectivity index (χ2v) is 7.63. The normalized spacial score (nSPS) is 16.0. The molecule has 0 radical (unpaired) electrons. The van der Waals surface area contributed by atoms with Crippen molar-refractivity contribution in [3.63, 3.8) is 0 Å². The Labute approximate surface area is 173 Å². The lowest BCUT2D eigenvalue weighted by molar-refractivity contribution is -0.121. The van der Waals surface area contributed by atoms with Gasteiger partial charge in [-0.15, -0.1) is 12.4 Å². The molecule has 4 nitrogen and oxygen atoms in total. The van der Waals surface area contributed by atoms with Crippen LogP contribution in [0, 0.1) is 5.92 Å². The molecule has 2 aromatic carbocycles. The van der Waals surface area contributed by atoms with Gasteiger partial charge in [0.05, 0.1) is 6.61 Å². The van der Waals surface area contributed by atoms with Crippen LogP contribution in [0.5, 0.6) is 5.75 Å². The standard InChI is InChI=1S/C23H28N2O2.ClH/c26-23(8-3-17-9-12-24-13-10-17)25-16-18-1-4-19(5-2-18)20-6-7-22-21(15-20)11-14-27-22;/h1-2,4-7,15,17,24H,3,8-14,16H2,(H,25,26);1H. The lowest BCUT2D eigenvalue weighted by Gasteiger charge is -2.22. The Bertz CT molecular complexity index is 786. The monoisotopic (exact) mass is 400 g/mol. The molecule has 2 heterocycles. The van der Waals surface area contributed by atoms with Gasteiger partial charge in [0.1, 0.15) is 5.75 Å². The number of ether oxygens (including phenoxy) is 1. The number of carbonyl (C=O) groups is 1. The van der Waals surface area contributed by atoms with Crippen LogP contribution in [0.25, 0.3) is 11.1 Å². The maximum atomic E-state index is 12.1. The summed E-state index contributed by atoms with van der Waals surface area (Å²) in [7, 11) is 0. The lowest BCUT2D eigenvalue weighted by atomic mass is 9.93. The van der Waals surface area contributed by atoms with Crippen LogP contribution < -0.4 is 15.4 Å². The number of amides is 1. The molecule has 5 heteroatoms. The minimum absolute atomic E-state index is 0. The van der Waals surface area contributed by atoms with E-state index < -0.39 is 0 Å². The highest BCUT2D eigenvalue weighted by molar-refractivity contribution is 5.85. The SMILES string of the molecule is Cl.O=C(CCC1CCNCC1)NCc1ccc(-c2ccc3c(c2)CCO3)cc1. The molecule has 1 saturated heterocycles. The molecule has 28 heavy (non-hydrogen) atoms. The first-order chi connectivity index (χ1) is 13.3. The van der Waals surface area contributed by atoms with E-state index in [1.807, 2.05) is 0 Å². The van der Waals surface area contributed by atoms with Gasteiger partial charge in [0, 0.05) is 19.4 Å². The average molecular weight is 401 g/mol. The Morgan fingerprint density at radius 3 is 2.61 bits per heavy atom. The third kappa shape index (κ3) is 5.27. The van der Waals surface area contributed by atoms with Crippen LogP contribution in [0.15, 0.2) is 42.5 Å². The number of nitrogens with one attached hydrogen (secondary N) is 2. The first kappa shape index (κ1) is 20.7. The van der Waals surface area contributed by atoms with Crippen molar-refractivity contribution in [3.05, 3.63) is 53.6 Å². The van der Waals surface area contributed by atoms with Gasteiger partial charge in [0.2, 0.25) is 5.91 Å². The van der Waals surface area contributed by atoms with E-state index in [2.05, 4.69) is 53.1 Å². The van der Waals surface area contributed by atoms with Gasteiger partial charge in [-0.3, -0.25) is 4.79 Å². The molecule has 2 N–H and O–H groups in total. The van der Waals surface area contributed by atoms with Gasteiger partial charge in [-0.1, -0.05) is 30.3 Å². The predicted molar refractivity (Wildman–Crippen MR) is 115 cm³/mol. The summed E-state index contributed by atoms with van der Waals surface area (Å²) < 4.78 is 5.58. The molecule has 1 amide bonds. The van der Waals surface area contributed by atoms with Crippen molar-refractivity contribution in [2.45, 2.75) is 38.6 Å². The smallest absolute Gasteiger partial charge is 0.220 e. The Kier molecular flexibility index (Phi) is 7.35. The second-order valence-electron chi connectivity index (χ2n) is 7.63. The van der Waals surface area contributed by atoms with Gasteiger partial charge < -0.3 is 15.4 Å². The van der Waals surface area contributed by atoms with Crippen LogP contribution in [-0.4, -0.2) is 25.6 Å². The molecule has 2 aliphatic heterocycles. The summed E-state index contributed by atoms with van der Waals surface area (Å²) in [6.45, 7) is 3.57. The quantitative estimate of drug-likeness (QED) is 0.767. The molecule has 0 saturated carbocycles.